The molecule has 27 heavy (non-hydrogen) atoms. The Labute approximate surface area is 169 Å². The standard InChI is InChI=1S/C25H46NO/c1-3-5-6-7-8-9-10-11-12-13-14-15-16-17-18-19-22-25-23-20-21-24-26(25)27-4-2/h20-21,23-24H,3-19,22H2,1-2H3/q+1. The van der Waals surface area contributed by atoms with Gasteiger partial charge in [-0.15, -0.1) is 0 Å². The van der Waals surface area contributed by atoms with Gasteiger partial charge in [0.05, 0.1) is 0 Å². The van der Waals surface area contributed by atoms with Gasteiger partial charge < -0.3 is 0 Å². The van der Waals surface area contributed by atoms with Gasteiger partial charge in [0.2, 0.25) is 11.9 Å². The second-order valence-corrected chi connectivity index (χ2v) is 7.99. The van der Waals surface area contributed by atoms with Gasteiger partial charge in [-0.1, -0.05) is 103 Å². The molecule has 0 amide bonds. The Kier molecular flexibility index (Phi) is 16.3. The molecule has 1 heterocycles. The molecule has 0 N–H and O–H groups in total. The van der Waals surface area contributed by atoms with Crippen LogP contribution in [-0.2, 0) is 6.42 Å². The smallest absolute Gasteiger partial charge is 0.234 e. The molecular formula is C25H46NO+. The number of hydrogen-bond acceptors (Lipinski definition) is 1. The molecule has 0 radical (unpaired) electrons. The summed E-state index contributed by atoms with van der Waals surface area (Å²) in [6, 6.07) is 6.32. The third-order valence-corrected chi connectivity index (χ3v) is 5.46. The van der Waals surface area contributed by atoms with Crippen LogP contribution in [0.2, 0.25) is 0 Å². The van der Waals surface area contributed by atoms with E-state index >= 15 is 0 Å². The lowest BCUT2D eigenvalue weighted by molar-refractivity contribution is -0.895. The fraction of sp³-hybridized carbons (Fsp3) is 0.800. The van der Waals surface area contributed by atoms with Gasteiger partial charge in [-0.3, -0.25) is 4.84 Å². The molecule has 0 atom stereocenters. The van der Waals surface area contributed by atoms with Crippen LogP contribution in [-0.4, -0.2) is 6.61 Å². The van der Waals surface area contributed by atoms with Crippen LogP contribution in [0.15, 0.2) is 24.4 Å². The van der Waals surface area contributed by atoms with E-state index in [0.717, 1.165) is 13.0 Å². The first-order valence-electron chi connectivity index (χ1n) is 12.0. The fourth-order valence-electron chi connectivity index (χ4n) is 3.78. The SMILES string of the molecule is CCCCCCCCCCCCCCCCCCc1cccc[n+]1OCC. The van der Waals surface area contributed by atoms with Crippen molar-refractivity contribution in [2.24, 2.45) is 0 Å². The summed E-state index contributed by atoms with van der Waals surface area (Å²) in [5.74, 6) is 0. The topological polar surface area (TPSA) is 13.1 Å². The van der Waals surface area contributed by atoms with Crippen molar-refractivity contribution in [2.75, 3.05) is 6.61 Å². The zero-order valence-electron chi connectivity index (χ0n) is 18.4. The molecule has 2 nitrogen and oxygen atoms in total. The lowest BCUT2D eigenvalue weighted by Crippen LogP contribution is -2.45. The summed E-state index contributed by atoms with van der Waals surface area (Å²) >= 11 is 0. The maximum absolute atomic E-state index is 5.63. The van der Waals surface area contributed by atoms with Crippen LogP contribution in [0.5, 0.6) is 0 Å². The third-order valence-electron chi connectivity index (χ3n) is 5.46. The Balaban J connectivity index is 1.83. The first kappa shape index (κ1) is 24.0. The Morgan fingerprint density at radius 2 is 1.11 bits per heavy atom. The van der Waals surface area contributed by atoms with Crippen LogP contribution in [0.25, 0.3) is 0 Å². The summed E-state index contributed by atoms with van der Waals surface area (Å²) in [4.78, 5) is 5.63. The van der Waals surface area contributed by atoms with Gasteiger partial charge in [-0.2, -0.15) is 0 Å². The number of aromatic nitrogens is 1. The Morgan fingerprint density at radius 3 is 1.59 bits per heavy atom. The molecule has 0 fully saturated rings. The Bertz CT molecular complexity index is 432. The van der Waals surface area contributed by atoms with Gasteiger partial charge in [0.1, 0.15) is 0 Å². The zero-order valence-corrected chi connectivity index (χ0v) is 18.4. The largest absolute Gasteiger partial charge is 0.271 e. The number of aryl methyl sites for hydroxylation is 1. The van der Waals surface area contributed by atoms with Crippen molar-refractivity contribution in [3.05, 3.63) is 30.1 Å². The molecule has 156 valence electrons. The van der Waals surface area contributed by atoms with Crippen molar-refractivity contribution in [1.82, 2.24) is 0 Å². The highest BCUT2D eigenvalue weighted by atomic mass is 16.7. The first-order chi connectivity index (χ1) is 13.4. The van der Waals surface area contributed by atoms with E-state index in [0.29, 0.717) is 0 Å². The summed E-state index contributed by atoms with van der Waals surface area (Å²) < 4.78 is 1.94. The maximum Gasteiger partial charge on any atom is 0.234 e. The van der Waals surface area contributed by atoms with Crippen molar-refractivity contribution >= 4 is 0 Å². The van der Waals surface area contributed by atoms with E-state index in [-0.39, 0.29) is 0 Å². The summed E-state index contributed by atoms with van der Waals surface area (Å²) in [5, 5.41) is 0. The van der Waals surface area contributed by atoms with Crippen molar-refractivity contribution in [2.45, 2.75) is 123 Å². The fourth-order valence-corrected chi connectivity index (χ4v) is 3.78. The molecular weight excluding hydrogens is 330 g/mol. The molecule has 0 spiro atoms. The Hall–Kier alpha value is -1.05. The average Bonchev–Trinajstić information content (AvgIpc) is 2.69. The van der Waals surface area contributed by atoms with Crippen LogP contribution in [0.1, 0.15) is 122 Å². The molecule has 1 aromatic rings. The van der Waals surface area contributed by atoms with Crippen LogP contribution in [0, 0.1) is 0 Å². The van der Waals surface area contributed by atoms with E-state index in [1.165, 1.54) is 108 Å². The highest BCUT2D eigenvalue weighted by Gasteiger charge is 2.09. The summed E-state index contributed by atoms with van der Waals surface area (Å²) in [6.45, 7) is 5.06. The van der Waals surface area contributed by atoms with E-state index in [1.807, 2.05) is 23.9 Å². The van der Waals surface area contributed by atoms with E-state index in [1.54, 1.807) is 0 Å². The molecule has 0 saturated heterocycles. The van der Waals surface area contributed by atoms with Crippen LogP contribution >= 0.6 is 0 Å². The van der Waals surface area contributed by atoms with Gasteiger partial charge in [0.15, 0.2) is 6.61 Å². The third kappa shape index (κ3) is 13.7. The first-order valence-corrected chi connectivity index (χ1v) is 12.0. The molecule has 2 heteroatoms. The Morgan fingerprint density at radius 1 is 0.630 bits per heavy atom. The van der Waals surface area contributed by atoms with Crippen molar-refractivity contribution < 1.29 is 9.57 Å². The minimum atomic E-state index is 0.723. The number of pyridine rings is 1. The van der Waals surface area contributed by atoms with Crippen LogP contribution in [0.3, 0.4) is 0 Å². The highest BCUT2D eigenvalue weighted by molar-refractivity contribution is 4.96. The van der Waals surface area contributed by atoms with E-state index < -0.39 is 0 Å². The molecule has 0 aliphatic carbocycles. The quantitative estimate of drug-likeness (QED) is 0.183. The molecule has 0 unspecified atom stereocenters. The molecule has 0 bridgehead atoms. The maximum atomic E-state index is 5.63. The van der Waals surface area contributed by atoms with E-state index in [2.05, 4.69) is 19.1 Å². The number of nitrogens with zero attached hydrogens (tertiary/aromatic N) is 1. The second-order valence-electron chi connectivity index (χ2n) is 7.99. The van der Waals surface area contributed by atoms with Gasteiger partial charge >= 0.3 is 0 Å². The van der Waals surface area contributed by atoms with Gasteiger partial charge in [-0.25, -0.2) is 0 Å². The van der Waals surface area contributed by atoms with Crippen molar-refractivity contribution in [1.29, 1.82) is 0 Å². The molecule has 1 aromatic heterocycles. The molecule has 0 aliphatic rings. The zero-order chi connectivity index (χ0) is 19.4. The van der Waals surface area contributed by atoms with E-state index in [4.69, 9.17) is 4.84 Å². The lowest BCUT2D eigenvalue weighted by Gasteiger charge is -2.04. The van der Waals surface area contributed by atoms with Gasteiger partial charge in [0.25, 0.3) is 0 Å². The number of rotatable bonds is 19. The van der Waals surface area contributed by atoms with E-state index in [9.17, 15) is 0 Å². The monoisotopic (exact) mass is 376 g/mol. The summed E-state index contributed by atoms with van der Waals surface area (Å²) in [7, 11) is 0. The highest BCUT2D eigenvalue weighted by Crippen LogP contribution is 2.14. The summed E-state index contributed by atoms with van der Waals surface area (Å²) in [6.07, 6.45) is 25.9. The molecule has 0 saturated carbocycles. The lowest BCUT2D eigenvalue weighted by atomic mass is 10.0. The van der Waals surface area contributed by atoms with Gasteiger partial charge in [0, 0.05) is 23.3 Å². The predicted molar refractivity (Wildman–Crippen MR) is 117 cm³/mol. The van der Waals surface area contributed by atoms with Gasteiger partial charge in [-0.05, 0) is 19.4 Å². The predicted octanol–water partition coefficient (Wildman–Crippen LogP) is 7.23. The summed E-state index contributed by atoms with van der Waals surface area (Å²) in [5.41, 5.74) is 1.30. The normalized spacial score (nSPS) is 11.0. The minimum absolute atomic E-state index is 0.723. The number of hydrogen-bond donors (Lipinski definition) is 0. The molecule has 1 rings (SSSR count). The van der Waals surface area contributed by atoms with Crippen molar-refractivity contribution in [3.8, 4) is 0 Å². The second kappa shape index (κ2) is 18.3. The number of unbranched alkanes of at least 4 members (excludes halogenated alkanes) is 15. The van der Waals surface area contributed by atoms with Crippen molar-refractivity contribution in [3.63, 3.8) is 0 Å². The average molecular weight is 377 g/mol. The van der Waals surface area contributed by atoms with Crippen LogP contribution in [0.4, 0.5) is 0 Å². The molecule has 0 aromatic carbocycles. The van der Waals surface area contributed by atoms with Crippen LogP contribution < -0.4 is 9.57 Å². The minimum Gasteiger partial charge on any atom is -0.271 e. The molecule has 0 aliphatic heterocycles.